The number of benzene rings is 4. The standard InChI is InChI=1S/C38H44N2O6/c41-37(31-17-21-35(22-18-31)45-29-27-43-33-13-7-5-8-14-33)39-25-11-3-1-2-4-12-26-40-38(42)32-19-23-36(24-20-32)46-30-28-44-34-15-9-6-10-16-34/h5-10,13-24H,1-4,11-12,25-30H2,(H,39,41)(H,40,42). The number of amides is 2. The molecule has 4 aromatic rings. The molecule has 8 nitrogen and oxygen atoms in total. The second-order valence-electron chi connectivity index (χ2n) is 10.7. The van der Waals surface area contributed by atoms with Gasteiger partial charge in [0.15, 0.2) is 0 Å². The van der Waals surface area contributed by atoms with Gasteiger partial charge in [-0.1, -0.05) is 62.1 Å². The topological polar surface area (TPSA) is 95.1 Å². The van der Waals surface area contributed by atoms with Gasteiger partial charge in [0.25, 0.3) is 11.8 Å². The molecule has 0 atom stereocenters. The Balaban J connectivity index is 0.958. The van der Waals surface area contributed by atoms with Gasteiger partial charge in [0, 0.05) is 24.2 Å². The van der Waals surface area contributed by atoms with Crippen LogP contribution in [0, 0.1) is 0 Å². The van der Waals surface area contributed by atoms with Gasteiger partial charge in [-0.15, -0.1) is 0 Å². The summed E-state index contributed by atoms with van der Waals surface area (Å²) in [4.78, 5) is 24.9. The van der Waals surface area contributed by atoms with Crippen LogP contribution in [0.5, 0.6) is 23.0 Å². The van der Waals surface area contributed by atoms with E-state index < -0.39 is 0 Å². The molecule has 8 heteroatoms. The fraction of sp³-hybridized carbons (Fsp3) is 0.316. The molecule has 0 fully saturated rings. The molecule has 0 radical (unpaired) electrons. The Kier molecular flexibility index (Phi) is 14.8. The maximum absolute atomic E-state index is 12.4. The van der Waals surface area contributed by atoms with Gasteiger partial charge in [0.05, 0.1) is 0 Å². The fourth-order valence-corrected chi connectivity index (χ4v) is 4.64. The zero-order valence-electron chi connectivity index (χ0n) is 26.3. The first-order chi connectivity index (χ1) is 22.7. The summed E-state index contributed by atoms with van der Waals surface area (Å²) in [6, 6.07) is 33.5. The van der Waals surface area contributed by atoms with Crippen LogP contribution < -0.4 is 29.6 Å². The van der Waals surface area contributed by atoms with Gasteiger partial charge < -0.3 is 29.6 Å². The summed E-state index contributed by atoms with van der Waals surface area (Å²) in [5.41, 5.74) is 1.23. The first-order valence-electron chi connectivity index (χ1n) is 16.1. The molecule has 0 saturated carbocycles. The van der Waals surface area contributed by atoms with Crippen molar-refractivity contribution in [2.24, 2.45) is 0 Å². The number of hydrogen-bond acceptors (Lipinski definition) is 6. The number of nitrogens with one attached hydrogen (secondary N) is 2. The molecule has 46 heavy (non-hydrogen) atoms. The quantitative estimate of drug-likeness (QED) is 0.0961. The normalized spacial score (nSPS) is 10.5. The minimum Gasteiger partial charge on any atom is -0.490 e. The van der Waals surface area contributed by atoms with Gasteiger partial charge in [-0.05, 0) is 85.6 Å². The molecule has 0 bridgehead atoms. The van der Waals surface area contributed by atoms with Crippen LogP contribution in [0.15, 0.2) is 109 Å². The van der Waals surface area contributed by atoms with Gasteiger partial charge in [-0.3, -0.25) is 9.59 Å². The van der Waals surface area contributed by atoms with Crippen LogP contribution in [0.1, 0.15) is 59.2 Å². The number of rotatable bonds is 21. The lowest BCUT2D eigenvalue weighted by Gasteiger charge is -2.09. The summed E-state index contributed by atoms with van der Waals surface area (Å²) in [6.07, 6.45) is 6.17. The maximum Gasteiger partial charge on any atom is 0.251 e. The molecule has 0 aliphatic heterocycles. The summed E-state index contributed by atoms with van der Waals surface area (Å²) in [5.74, 6) is 2.87. The van der Waals surface area contributed by atoms with Crippen molar-refractivity contribution >= 4 is 11.8 Å². The summed E-state index contributed by atoms with van der Waals surface area (Å²) < 4.78 is 22.6. The van der Waals surface area contributed by atoms with Crippen molar-refractivity contribution in [2.45, 2.75) is 38.5 Å². The monoisotopic (exact) mass is 624 g/mol. The SMILES string of the molecule is O=C(NCCCCCCCCNC(=O)c1ccc(OCCOc2ccccc2)cc1)c1ccc(OCCOc2ccccc2)cc1. The number of carbonyl (C=O) groups is 2. The second-order valence-corrected chi connectivity index (χ2v) is 10.7. The van der Waals surface area contributed by atoms with E-state index in [9.17, 15) is 9.59 Å². The molecular weight excluding hydrogens is 580 g/mol. The van der Waals surface area contributed by atoms with E-state index in [4.69, 9.17) is 18.9 Å². The summed E-state index contributed by atoms with van der Waals surface area (Å²) in [5, 5.41) is 5.98. The van der Waals surface area contributed by atoms with Crippen molar-refractivity contribution in [3.8, 4) is 23.0 Å². The molecule has 0 aliphatic rings. The Morgan fingerprint density at radius 1 is 0.391 bits per heavy atom. The Morgan fingerprint density at radius 3 is 1.04 bits per heavy atom. The van der Waals surface area contributed by atoms with Gasteiger partial charge in [0.1, 0.15) is 49.4 Å². The maximum atomic E-state index is 12.4. The molecule has 0 spiro atoms. The Labute approximate surface area is 272 Å². The number of ether oxygens (including phenoxy) is 4. The third-order valence-electron chi connectivity index (χ3n) is 7.14. The molecule has 0 aromatic heterocycles. The van der Waals surface area contributed by atoms with Crippen molar-refractivity contribution in [3.05, 3.63) is 120 Å². The Bertz CT molecular complexity index is 1300. The number of unbranched alkanes of at least 4 members (excludes halogenated alkanes) is 5. The minimum absolute atomic E-state index is 0.0784. The van der Waals surface area contributed by atoms with E-state index in [1.807, 2.05) is 60.7 Å². The number of hydrogen-bond donors (Lipinski definition) is 2. The van der Waals surface area contributed by atoms with Crippen molar-refractivity contribution in [3.63, 3.8) is 0 Å². The van der Waals surface area contributed by atoms with Crippen LogP contribution in [-0.2, 0) is 0 Å². The van der Waals surface area contributed by atoms with Crippen LogP contribution in [0.3, 0.4) is 0 Å². The summed E-state index contributed by atoms with van der Waals surface area (Å²) in [7, 11) is 0. The molecule has 242 valence electrons. The highest BCUT2D eigenvalue weighted by atomic mass is 16.5. The first-order valence-corrected chi connectivity index (χ1v) is 16.1. The van der Waals surface area contributed by atoms with E-state index >= 15 is 0 Å². The molecule has 2 N–H and O–H groups in total. The van der Waals surface area contributed by atoms with Crippen LogP contribution in [0.4, 0.5) is 0 Å². The van der Waals surface area contributed by atoms with E-state index in [0.717, 1.165) is 50.0 Å². The lowest BCUT2D eigenvalue weighted by atomic mass is 10.1. The second kappa shape index (κ2) is 20.1. The average molecular weight is 625 g/mol. The molecule has 0 unspecified atom stereocenters. The van der Waals surface area contributed by atoms with Crippen LogP contribution in [0.25, 0.3) is 0 Å². The van der Waals surface area contributed by atoms with Crippen molar-refractivity contribution in [2.75, 3.05) is 39.5 Å². The summed E-state index contributed by atoms with van der Waals surface area (Å²) in [6.45, 7) is 3.04. The van der Waals surface area contributed by atoms with Gasteiger partial charge in [-0.2, -0.15) is 0 Å². The van der Waals surface area contributed by atoms with Crippen molar-refractivity contribution < 1.29 is 28.5 Å². The molecule has 4 rings (SSSR count). The van der Waals surface area contributed by atoms with Gasteiger partial charge >= 0.3 is 0 Å². The Morgan fingerprint density at radius 2 is 0.696 bits per heavy atom. The van der Waals surface area contributed by atoms with E-state index in [1.165, 1.54) is 0 Å². The van der Waals surface area contributed by atoms with E-state index in [1.54, 1.807) is 48.5 Å². The fourth-order valence-electron chi connectivity index (χ4n) is 4.64. The third-order valence-corrected chi connectivity index (χ3v) is 7.14. The highest BCUT2D eigenvalue weighted by Crippen LogP contribution is 2.15. The molecule has 4 aromatic carbocycles. The number of carbonyl (C=O) groups excluding carboxylic acids is 2. The predicted octanol–water partition coefficient (Wildman–Crippen LogP) is 7.10. The first kappa shape index (κ1) is 33.9. The average Bonchev–Trinajstić information content (AvgIpc) is 3.10. The van der Waals surface area contributed by atoms with E-state index in [0.29, 0.717) is 62.1 Å². The zero-order chi connectivity index (χ0) is 32.1. The van der Waals surface area contributed by atoms with Gasteiger partial charge in [-0.25, -0.2) is 0 Å². The van der Waals surface area contributed by atoms with Crippen LogP contribution >= 0.6 is 0 Å². The van der Waals surface area contributed by atoms with Crippen molar-refractivity contribution in [1.82, 2.24) is 10.6 Å². The van der Waals surface area contributed by atoms with Crippen LogP contribution in [-0.4, -0.2) is 51.3 Å². The number of para-hydroxylation sites is 2. The summed E-state index contributed by atoms with van der Waals surface area (Å²) >= 11 is 0. The minimum atomic E-state index is -0.0784. The largest absolute Gasteiger partial charge is 0.490 e. The van der Waals surface area contributed by atoms with E-state index in [-0.39, 0.29) is 11.8 Å². The van der Waals surface area contributed by atoms with Crippen LogP contribution in [0.2, 0.25) is 0 Å². The highest BCUT2D eigenvalue weighted by molar-refractivity contribution is 5.94. The molecule has 2 amide bonds. The lowest BCUT2D eigenvalue weighted by molar-refractivity contribution is 0.0944. The van der Waals surface area contributed by atoms with Gasteiger partial charge in [0.2, 0.25) is 0 Å². The predicted molar refractivity (Wildman–Crippen MR) is 180 cm³/mol. The smallest absolute Gasteiger partial charge is 0.251 e. The molecule has 0 aliphatic carbocycles. The third kappa shape index (κ3) is 12.9. The van der Waals surface area contributed by atoms with Crippen molar-refractivity contribution in [1.29, 1.82) is 0 Å². The lowest BCUT2D eigenvalue weighted by Crippen LogP contribution is -2.24. The van der Waals surface area contributed by atoms with E-state index in [2.05, 4.69) is 10.6 Å². The molecule has 0 heterocycles. The zero-order valence-corrected chi connectivity index (χ0v) is 26.3. The highest BCUT2D eigenvalue weighted by Gasteiger charge is 2.07. The molecular formula is C38H44N2O6. The molecule has 0 saturated heterocycles. The Hall–Kier alpha value is -4.98.